The highest BCUT2D eigenvalue weighted by Crippen LogP contribution is 2.51. The van der Waals surface area contributed by atoms with E-state index in [4.69, 9.17) is 5.11 Å². The van der Waals surface area contributed by atoms with Crippen LogP contribution in [0, 0.1) is 11.3 Å². The van der Waals surface area contributed by atoms with Crippen LogP contribution in [0.5, 0.6) is 0 Å². The average Bonchev–Trinajstić information content (AvgIpc) is 2.92. The van der Waals surface area contributed by atoms with Gasteiger partial charge in [0.25, 0.3) is 0 Å². The summed E-state index contributed by atoms with van der Waals surface area (Å²) in [5.41, 5.74) is -0.150. The molecule has 2 N–H and O–H groups in total. The molecule has 4 heteroatoms. The van der Waals surface area contributed by atoms with Gasteiger partial charge in [0.2, 0.25) is 5.91 Å². The SMILES string of the molecule is CC(C)C1(C(=O)NCCCC(=O)O)CC1. The summed E-state index contributed by atoms with van der Waals surface area (Å²) in [7, 11) is 0. The Morgan fingerprint density at radius 2 is 2.00 bits per heavy atom. The van der Waals surface area contributed by atoms with Gasteiger partial charge < -0.3 is 10.4 Å². The van der Waals surface area contributed by atoms with Crippen LogP contribution in [-0.2, 0) is 9.59 Å². The second kappa shape index (κ2) is 4.64. The fourth-order valence-corrected chi connectivity index (χ4v) is 1.82. The van der Waals surface area contributed by atoms with E-state index >= 15 is 0 Å². The summed E-state index contributed by atoms with van der Waals surface area (Å²) >= 11 is 0. The first-order chi connectivity index (χ1) is 6.99. The third kappa shape index (κ3) is 2.94. The number of hydrogen-bond donors (Lipinski definition) is 2. The molecule has 0 saturated heterocycles. The summed E-state index contributed by atoms with van der Waals surface area (Å²) in [5.74, 6) is -0.339. The summed E-state index contributed by atoms with van der Waals surface area (Å²) in [6, 6.07) is 0. The zero-order valence-corrected chi connectivity index (χ0v) is 9.38. The van der Waals surface area contributed by atoms with Crippen molar-refractivity contribution in [1.82, 2.24) is 5.32 Å². The Labute approximate surface area is 90.0 Å². The molecule has 0 aromatic carbocycles. The van der Waals surface area contributed by atoms with E-state index in [1.807, 2.05) is 0 Å². The molecule has 1 aliphatic carbocycles. The van der Waals surface area contributed by atoms with E-state index in [1.54, 1.807) is 0 Å². The lowest BCUT2D eigenvalue weighted by Crippen LogP contribution is -2.35. The third-order valence-corrected chi connectivity index (χ3v) is 3.20. The molecule has 1 amide bonds. The minimum absolute atomic E-state index is 0.0999. The summed E-state index contributed by atoms with van der Waals surface area (Å²) in [4.78, 5) is 22.0. The Morgan fingerprint density at radius 1 is 1.40 bits per heavy atom. The van der Waals surface area contributed by atoms with Crippen molar-refractivity contribution in [3.8, 4) is 0 Å². The van der Waals surface area contributed by atoms with E-state index in [9.17, 15) is 9.59 Å². The number of carboxylic acid groups (broad SMARTS) is 1. The monoisotopic (exact) mass is 213 g/mol. The molecule has 1 aliphatic rings. The van der Waals surface area contributed by atoms with Crippen molar-refractivity contribution in [1.29, 1.82) is 0 Å². The average molecular weight is 213 g/mol. The predicted molar refractivity (Wildman–Crippen MR) is 56.4 cm³/mol. The fourth-order valence-electron chi connectivity index (χ4n) is 1.82. The van der Waals surface area contributed by atoms with E-state index in [0.29, 0.717) is 18.9 Å². The molecule has 0 radical (unpaired) electrons. The van der Waals surface area contributed by atoms with Crippen LogP contribution in [0.3, 0.4) is 0 Å². The highest BCUT2D eigenvalue weighted by molar-refractivity contribution is 5.85. The van der Waals surface area contributed by atoms with E-state index in [-0.39, 0.29) is 17.7 Å². The van der Waals surface area contributed by atoms with E-state index in [0.717, 1.165) is 12.8 Å². The normalized spacial score (nSPS) is 17.5. The van der Waals surface area contributed by atoms with Gasteiger partial charge in [-0.25, -0.2) is 0 Å². The third-order valence-electron chi connectivity index (χ3n) is 3.20. The summed E-state index contributed by atoms with van der Waals surface area (Å²) < 4.78 is 0. The number of carboxylic acids is 1. The predicted octanol–water partition coefficient (Wildman–Crippen LogP) is 1.40. The first-order valence-corrected chi connectivity index (χ1v) is 5.49. The zero-order chi connectivity index (χ0) is 11.5. The Balaban J connectivity index is 2.22. The number of amides is 1. The molecule has 0 aromatic rings. The second-order valence-electron chi connectivity index (χ2n) is 4.56. The lowest BCUT2D eigenvalue weighted by Gasteiger charge is -2.18. The molecular weight excluding hydrogens is 194 g/mol. The van der Waals surface area contributed by atoms with Gasteiger partial charge in [0, 0.05) is 13.0 Å². The van der Waals surface area contributed by atoms with E-state index < -0.39 is 5.97 Å². The Kier molecular flexibility index (Phi) is 3.72. The van der Waals surface area contributed by atoms with Crippen molar-refractivity contribution in [3.05, 3.63) is 0 Å². The quantitative estimate of drug-likeness (QED) is 0.655. The highest BCUT2D eigenvalue weighted by Gasteiger charge is 2.51. The molecule has 15 heavy (non-hydrogen) atoms. The number of hydrogen-bond acceptors (Lipinski definition) is 2. The van der Waals surface area contributed by atoms with Crippen LogP contribution in [0.15, 0.2) is 0 Å². The number of rotatable bonds is 6. The van der Waals surface area contributed by atoms with Gasteiger partial charge in [-0.05, 0) is 25.2 Å². The molecule has 0 bridgehead atoms. The van der Waals surface area contributed by atoms with Gasteiger partial charge in [-0.15, -0.1) is 0 Å². The van der Waals surface area contributed by atoms with Crippen LogP contribution >= 0.6 is 0 Å². The molecular formula is C11H19NO3. The highest BCUT2D eigenvalue weighted by atomic mass is 16.4. The van der Waals surface area contributed by atoms with Gasteiger partial charge >= 0.3 is 5.97 Å². The molecule has 0 heterocycles. The van der Waals surface area contributed by atoms with Crippen LogP contribution < -0.4 is 5.32 Å². The van der Waals surface area contributed by atoms with Gasteiger partial charge in [-0.1, -0.05) is 13.8 Å². The molecule has 0 unspecified atom stereocenters. The molecule has 0 atom stereocenters. The minimum Gasteiger partial charge on any atom is -0.481 e. The Morgan fingerprint density at radius 3 is 2.40 bits per heavy atom. The van der Waals surface area contributed by atoms with Crippen LogP contribution in [0.2, 0.25) is 0 Å². The first-order valence-electron chi connectivity index (χ1n) is 5.49. The molecule has 0 aromatic heterocycles. The van der Waals surface area contributed by atoms with Gasteiger partial charge in [0.15, 0.2) is 0 Å². The van der Waals surface area contributed by atoms with Crippen molar-refractivity contribution < 1.29 is 14.7 Å². The van der Waals surface area contributed by atoms with Gasteiger partial charge in [-0.2, -0.15) is 0 Å². The number of carbonyl (C=O) groups is 2. The fraction of sp³-hybridized carbons (Fsp3) is 0.818. The van der Waals surface area contributed by atoms with E-state index in [2.05, 4.69) is 19.2 Å². The van der Waals surface area contributed by atoms with Crippen molar-refractivity contribution >= 4 is 11.9 Å². The van der Waals surface area contributed by atoms with Crippen LogP contribution in [0.25, 0.3) is 0 Å². The van der Waals surface area contributed by atoms with Crippen molar-refractivity contribution in [3.63, 3.8) is 0 Å². The van der Waals surface area contributed by atoms with Gasteiger partial charge in [-0.3, -0.25) is 9.59 Å². The van der Waals surface area contributed by atoms with Crippen molar-refractivity contribution in [2.75, 3.05) is 6.54 Å². The van der Waals surface area contributed by atoms with Crippen molar-refractivity contribution in [2.45, 2.75) is 39.5 Å². The molecule has 1 fully saturated rings. The molecule has 0 aliphatic heterocycles. The molecule has 4 nitrogen and oxygen atoms in total. The summed E-state index contributed by atoms with van der Waals surface area (Å²) in [5, 5.41) is 11.2. The van der Waals surface area contributed by atoms with Crippen LogP contribution in [0.1, 0.15) is 39.5 Å². The topological polar surface area (TPSA) is 66.4 Å². The standard InChI is InChI=1S/C11H19NO3/c1-8(2)11(5-6-11)10(15)12-7-3-4-9(13)14/h8H,3-7H2,1-2H3,(H,12,15)(H,13,14). The molecule has 0 spiro atoms. The molecule has 1 saturated carbocycles. The first kappa shape index (κ1) is 12.0. The Hall–Kier alpha value is -1.06. The lowest BCUT2D eigenvalue weighted by molar-refractivity contribution is -0.137. The molecule has 86 valence electrons. The summed E-state index contributed by atoms with van der Waals surface area (Å²) in [6.07, 6.45) is 2.56. The van der Waals surface area contributed by atoms with Crippen LogP contribution in [-0.4, -0.2) is 23.5 Å². The summed E-state index contributed by atoms with van der Waals surface area (Å²) in [6.45, 7) is 4.59. The number of aliphatic carboxylic acids is 1. The second-order valence-corrected chi connectivity index (χ2v) is 4.56. The maximum Gasteiger partial charge on any atom is 0.303 e. The van der Waals surface area contributed by atoms with Gasteiger partial charge in [0.05, 0.1) is 5.41 Å². The number of nitrogens with one attached hydrogen (secondary N) is 1. The van der Waals surface area contributed by atoms with Gasteiger partial charge in [0.1, 0.15) is 0 Å². The van der Waals surface area contributed by atoms with Crippen LogP contribution in [0.4, 0.5) is 0 Å². The zero-order valence-electron chi connectivity index (χ0n) is 9.38. The lowest BCUT2D eigenvalue weighted by atomic mass is 9.91. The largest absolute Gasteiger partial charge is 0.481 e. The smallest absolute Gasteiger partial charge is 0.303 e. The maximum absolute atomic E-state index is 11.8. The Bertz CT molecular complexity index is 257. The van der Waals surface area contributed by atoms with E-state index in [1.165, 1.54) is 0 Å². The maximum atomic E-state index is 11.8. The minimum atomic E-state index is -0.811. The molecule has 1 rings (SSSR count). The van der Waals surface area contributed by atoms with Crippen molar-refractivity contribution in [2.24, 2.45) is 11.3 Å². The number of carbonyl (C=O) groups excluding carboxylic acids is 1.